The third-order valence-corrected chi connectivity index (χ3v) is 4.78. The van der Waals surface area contributed by atoms with Gasteiger partial charge in [-0.15, -0.1) is 0 Å². The van der Waals surface area contributed by atoms with Gasteiger partial charge in [0, 0.05) is 23.5 Å². The van der Waals surface area contributed by atoms with E-state index < -0.39 is 0 Å². The summed E-state index contributed by atoms with van der Waals surface area (Å²) < 4.78 is 12.3. The van der Waals surface area contributed by atoms with Crippen LogP contribution in [-0.2, 0) is 6.42 Å². The molecule has 0 atom stereocenters. The second-order valence-corrected chi connectivity index (χ2v) is 6.64. The van der Waals surface area contributed by atoms with Gasteiger partial charge in [-0.05, 0) is 36.8 Å². The van der Waals surface area contributed by atoms with E-state index in [0.29, 0.717) is 22.8 Å². The van der Waals surface area contributed by atoms with Gasteiger partial charge < -0.3 is 9.47 Å². The molecule has 0 saturated heterocycles. The molecular formula is C21H18N4O3. The van der Waals surface area contributed by atoms with Crippen molar-refractivity contribution in [3.05, 3.63) is 64.7 Å². The number of fused-ring (bicyclic) bond motifs is 2. The van der Waals surface area contributed by atoms with Crippen molar-refractivity contribution in [2.45, 2.75) is 19.8 Å². The van der Waals surface area contributed by atoms with Crippen LogP contribution in [0.15, 0.2) is 53.5 Å². The number of ether oxygens (including phenoxy) is 2. The summed E-state index contributed by atoms with van der Waals surface area (Å²) >= 11 is 0. The molecule has 0 aliphatic carbocycles. The molecule has 0 spiro atoms. The largest absolute Gasteiger partial charge is 0.454 e. The van der Waals surface area contributed by atoms with E-state index in [1.807, 2.05) is 36.4 Å². The number of aromatic nitrogens is 4. The highest BCUT2D eigenvalue weighted by Crippen LogP contribution is 2.35. The lowest BCUT2D eigenvalue weighted by Crippen LogP contribution is -2.14. The fourth-order valence-corrected chi connectivity index (χ4v) is 3.50. The quantitative estimate of drug-likeness (QED) is 0.592. The van der Waals surface area contributed by atoms with Crippen LogP contribution in [0.5, 0.6) is 11.5 Å². The van der Waals surface area contributed by atoms with Gasteiger partial charge in [-0.2, -0.15) is 0 Å². The Kier molecular flexibility index (Phi) is 3.86. The van der Waals surface area contributed by atoms with Gasteiger partial charge in [0.25, 0.3) is 5.56 Å². The van der Waals surface area contributed by atoms with Gasteiger partial charge >= 0.3 is 0 Å². The molecule has 4 aromatic rings. The van der Waals surface area contributed by atoms with Crippen LogP contribution in [0.1, 0.15) is 19.0 Å². The number of benzene rings is 1. The summed E-state index contributed by atoms with van der Waals surface area (Å²) in [6.45, 7) is 2.30. The maximum absolute atomic E-state index is 12.8. The van der Waals surface area contributed by atoms with E-state index in [1.165, 1.54) is 10.6 Å². The van der Waals surface area contributed by atoms with Gasteiger partial charge in [0.15, 0.2) is 17.1 Å². The van der Waals surface area contributed by atoms with E-state index in [4.69, 9.17) is 14.5 Å². The topological polar surface area (TPSA) is 81.5 Å². The highest BCUT2D eigenvalue weighted by atomic mass is 16.7. The smallest absolute Gasteiger partial charge is 0.273 e. The lowest BCUT2D eigenvalue weighted by atomic mass is 10.1. The standard InChI is InChI=1S/C21H18N4O3/c1-2-5-15-20(14-6-3-4-9-22-14)21-23-16(11-19(26)25(21)24-15)13-7-8-17-18(10-13)28-12-27-17/h3-4,6-11,24H,2,5,12H2,1H3. The summed E-state index contributed by atoms with van der Waals surface area (Å²) in [5.74, 6) is 1.35. The molecule has 0 fully saturated rings. The molecular weight excluding hydrogens is 356 g/mol. The van der Waals surface area contributed by atoms with Crippen LogP contribution in [0, 0.1) is 0 Å². The highest BCUT2D eigenvalue weighted by molar-refractivity contribution is 5.79. The maximum Gasteiger partial charge on any atom is 0.273 e. The Labute approximate surface area is 160 Å². The number of nitrogens with zero attached hydrogens (tertiary/aromatic N) is 3. The van der Waals surface area contributed by atoms with Crippen LogP contribution in [0.3, 0.4) is 0 Å². The fourth-order valence-electron chi connectivity index (χ4n) is 3.50. The molecule has 7 heteroatoms. The SMILES string of the molecule is CCCc1[nH]n2c(=O)cc(-c3ccc4c(c3)OCO4)nc2c1-c1ccccn1. The molecule has 1 aromatic carbocycles. The number of hydrogen-bond donors (Lipinski definition) is 1. The average Bonchev–Trinajstić information content (AvgIpc) is 3.33. The molecule has 1 N–H and O–H groups in total. The van der Waals surface area contributed by atoms with Gasteiger partial charge in [0.05, 0.1) is 17.0 Å². The number of rotatable bonds is 4. The van der Waals surface area contributed by atoms with Crippen molar-refractivity contribution < 1.29 is 9.47 Å². The zero-order valence-corrected chi connectivity index (χ0v) is 15.3. The highest BCUT2D eigenvalue weighted by Gasteiger charge is 2.19. The Morgan fingerprint density at radius 3 is 2.82 bits per heavy atom. The number of H-pyrrole nitrogens is 1. The maximum atomic E-state index is 12.8. The van der Waals surface area contributed by atoms with Crippen molar-refractivity contribution in [3.8, 4) is 34.0 Å². The molecule has 1 aliphatic rings. The van der Waals surface area contributed by atoms with Crippen molar-refractivity contribution in [1.29, 1.82) is 0 Å². The molecule has 140 valence electrons. The number of hydrogen-bond acceptors (Lipinski definition) is 5. The zero-order valence-electron chi connectivity index (χ0n) is 15.3. The summed E-state index contributed by atoms with van der Waals surface area (Å²) in [7, 11) is 0. The molecule has 0 saturated carbocycles. The minimum absolute atomic E-state index is 0.169. The molecule has 0 unspecified atom stereocenters. The minimum Gasteiger partial charge on any atom is -0.454 e. The van der Waals surface area contributed by atoms with Crippen molar-refractivity contribution >= 4 is 5.65 Å². The predicted octanol–water partition coefficient (Wildman–Crippen LogP) is 3.43. The number of aryl methyl sites for hydroxylation is 1. The van der Waals surface area contributed by atoms with Gasteiger partial charge in [0.1, 0.15) is 0 Å². The van der Waals surface area contributed by atoms with Gasteiger partial charge in [-0.25, -0.2) is 9.50 Å². The summed E-state index contributed by atoms with van der Waals surface area (Å²) in [6.07, 6.45) is 3.48. The Morgan fingerprint density at radius 1 is 1.11 bits per heavy atom. The summed E-state index contributed by atoms with van der Waals surface area (Å²) in [5, 5.41) is 3.21. The first-order valence-corrected chi connectivity index (χ1v) is 9.20. The fraction of sp³-hybridized carbons (Fsp3) is 0.190. The van der Waals surface area contributed by atoms with E-state index in [1.54, 1.807) is 6.20 Å². The second kappa shape index (κ2) is 6.53. The third-order valence-electron chi connectivity index (χ3n) is 4.78. The molecule has 0 bridgehead atoms. The Hall–Kier alpha value is -3.61. The van der Waals surface area contributed by atoms with Gasteiger partial charge in [-0.3, -0.25) is 14.9 Å². The van der Waals surface area contributed by atoms with Crippen LogP contribution < -0.4 is 15.0 Å². The predicted molar refractivity (Wildman–Crippen MR) is 105 cm³/mol. The Balaban J connectivity index is 1.74. The van der Waals surface area contributed by atoms with Crippen LogP contribution in [-0.4, -0.2) is 26.4 Å². The van der Waals surface area contributed by atoms with Gasteiger partial charge in [-0.1, -0.05) is 19.4 Å². The second-order valence-electron chi connectivity index (χ2n) is 6.64. The normalized spacial score (nSPS) is 12.6. The number of nitrogens with one attached hydrogen (secondary N) is 1. The first-order chi connectivity index (χ1) is 13.7. The summed E-state index contributed by atoms with van der Waals surface area (Å²) in [6, 6.07) is 12.8. The van der Waals surface area contributed by atoms with Crippen molar-refractivity contribution in [1.82, 2.24) is 19.6 Å². The van der Waals surface area contributed by atoms with E-state index in [9.17, 15) is 4.79 Å². The number of aromatic amines is 1. The molecule has 5 rings (SSSR count). The molecule has 3 aromatic heterocycles. The average molecular weight is 374 g/mol. The first kappa shape index (κ1) is 16.6. The summed E-state index contributed by atoms with van der Waals surface area (Å²) in [5.41, 5.74) is 4.39. The van der Waals surface area contributed by atoms with Crippen LogP contribution >= 0.6 is 0 Å². The van der Waals surface area contributed by atoms with E-state index in [2.05, 4.69) is 17.0 Å². The molecule has 0 radical (unpaired) electrons. The molecule has 1 aliphatic heterocycles. The first-order valence-electron chi connectivity index (χ1n) is 9.20. The molecule has 4 heterocycles. The zero-order chi connectivity index (χ0) is 19.1. The molecule has 7 nitrogen and oxygen atoms in total. The Morgan fingerprint density at radius 2 is 2.00 bits per heavy atom. The molecule has 0 amide bonds. The van der Waals surface area contributed by atoms with Gasteiger partial charge in [0.2, 0.25) is 6.79 Å². The van der Waals surface area contributed by atoms with Crippen LogP contribution in [0.25, 0.3) is 28.2 Å². The third kappa shape index (κ3) is 2.63. The van der Waals surface area contributed by atoms with Crippen molar-refractivity contribution in [3.63, 3.8) is 0 Å². The monoisotopic (exact) mass is 374 g/mol. The lowest BCUT2D eigenvalue weighted by Gasteiger charge is -2.05. The van der Waals surface area contributed by atoms with Crippen LogP contribution in [0.4, 0.5) is 0 Å². The van der Waals surface area contributed by atoms with Crippen LogP contribution in [0.2, 0.25) is 0 Å². The van der Waals surface area contributed by atoms with E-state index in [-0.39, 0.29) is 12.4 Å². The van der Waals surface area contributed by atoms with E-state index in [0.717, 1.165) is 35.4 Å². The minimum atomic E-state index is -0.169. The number of pyridine rings is 1. The molecule has 28 heavy (non-hydrogen) atoms. The van der Waals surface area contributed by atoms with Crippen molar-refractivity contribution in [2.75, 3.05) is 6.79 Å². The van der Waals surface area contributed by atoms with E-state index >= 15 is 0 Å². The van der Waals surface area contributed by atoms with Crippen molar-refractivity contribution in [2.24, 2.45) is 0 Å². The summed E-state index contributed by atoms with van der Waals surface area (Å²) in [4.78, 5) is 22.1. The lowest BCUT2D eigenvalue weighted by molar-refractivity contribution is 0.174. The Bertz CT molecular complexity index is 1230.